The lowest BCUT2D eigenvalue weighted by Gasteiger charge is -2.40. The van der Waals surface area contributed by atoms with Crippen LogP contribution in [-0.2, 0) is 15.0 Å². The summed E-state index contributed by atoms with van der Waals surface area (Å²) in [7, 11) is 0. The van der Waals surface area contributed by atoms with Crippen LogP contribution in [0.3, 0.4) is 0 Å². The summed E-state index contributed by atoms with van der Waals surface area (Å²) in [4.78, 5) is 28.2. The molecule has 2 aliphatic rings. The van der Waals surface area contributed by atoms with E-state index in [1.165, 1.54) is 11.1 Å². The van der Waals surface area contributed by atoms with Gasteiger partial charge in [0.1, 0.15) is 0 Å². The maximum absolute atomic E-state index is 12.7. The van der Waals surface area contributed by atoms with Gasteiger partial charge < -0.3 is 9.80 Å². The molecule has 1 aromatic rings. The minimum atomic E-state index is 0.150. The van der Waals surface area contributed by atoms with Crippen molar-refractivity contribution in [3.8, 4) is 0 Å². The molecule has 136 valence electrons. The fourth-order valence-corrected chi connectivity index (χ4v) is 4.85. The van der Waals surface area contributed by atoms with Gasteiger partial charge in [0.15, 0.2) is 0 Å². The van der Waals surface area contributed by atoms with Crippen LogP contribution in [0.15, 0.2) is 24.3 Å². The third-order valence-electron chi connectivity index (χ3n) is 6.31. The van der Waals surface area contributed by atoms with Gasteiger partial charge in [-0.05, 0) is 55.6 Å². The zero-order valence-electron chi connectivity index (χ0n) is 15.8. The molecule has 1 heterocycles. The summed E-state index contributed by atoms with van der Waals surface area (Å²) in [6.45, 7) is 8.98. The van der Waals surface area contributed by atoms with E-state index >= 15 is 0 Å². The summed E-state index contributed by atoms with van der Waals surface area (Å²) in [6.07, 6.45) is 3.68. The first-order valence-corrected chi connectivity index (χ1v) is 9.63. The van der Waals surface area contributed by atoms with Gasteiger partial charge in [0.25, 0.3) is 0 Å². The molecule has 3 rings (SSSR count). The van der Waals surface area contributed by atoms with Crippen molar-refractivity contribution in [2.24, 2.45) is 0 Å². The summed E-state index contributed by atoms with van der Waals surface area (Å²) < 4.78 is 0. The van der Waals surface area contributed by atoms with Crippen molar-refractivity contribution in [2.45, 2.75) is 57.8 Å². The molecule has 1 aliphatic heterocycles. The number of likely N-dealkylation sites (tertiary alicyclic amines) is 1. The molecule has 1 saturated heterocycles. The van der Waals surface area contributed by atoms with Crippen molar-refractivity contribution in [3.63, 3.8) is 0 Å². The van der Waals surface area contributed by atoms with Crippen LogP contribution in [0.1, 0.15) is 63.5 Å². The molecule has 1 spiro atoms. The van der Waals surface area contributed by atoms with Crippen LogP contribution in [0, 0.1) is 0 Å². The van der Waals surface area contributed by atoms with E-state index in [-0.39, 0.29) is 17.2 Å². The monoisotopic (exact) mass is 342 g/mol. The molecule has 25 heavy (non-hydrogen) atoms. The molecule has 1 unspecified atom stereocenters. The first-order chi connectivity index (χ1) is 12.0. The Morgan fingerprint density at radius 2 is 1.80 bits per heavy atom. The number of fused-ring (bicyclic) bond motifs is 2. The first-order valence-electron chi connectivity index (χ1n) is 9.63. The summed E-state index contributed by atoms with van der Waals surface area (Å²) in [6, 6.07) is 8.67. The molecule has 4 heteroatoms. The van der Waals surface area contributed by atoms with Crippen molar-refractivity contribution >= 4 is 11.8 Å². The number of hydrogen-bond donors (Lipinski definition) is 0. The summed E-state index contributed by atoms with van der Waals surface area (Å²) in [5, 5.41) is 0. The molecule has 0 aromatic heterocycles. The molecule has 1 fully saturated rings. The Morgan fingerprint density at radius 3 is 2.40 bits per heavy atom. The van der Waals surface area contributed by atoms with Gasteiger partial charge in [-0.3, -0.25) is 9.59 Å². The zero-order chi connectivity index (χ0) is 18.0. The van der Waals surface area contributed by atoms with E-state index < -0.39 is 0 Å². The van der Waals surface area contributed by atoms with E-state index in [9.17, 15) is 9.59 Å². The number of rotatable bonds is 4. The number of amides is 2. The van der Waals surface area contributed by atoms with Crippen LogP contribution >= 0.6 is 0 Å². The number of piperidine rings is 1. The predicted octanol–water partition coefficient (Wildman–Crippen LogP) is 3.31. The smallest absolute Gasteiger partial charge is 0.223 e. The largest absolute Gasteiger partial charge is 0.343 e. The molecule has 1 aliphatic carbocycles. The normalized spacial score (nSPS) is 21.2. The van der Waals surface area contributed by atoms with E-state index in [0.717, 1.165) is 45.4 Å². The maximum atomic E-state index is 12.7. The second-order valence-electron chi connectivity index (χ2n) is 7.54. The topological polar surface area (TPSA) is 40.6 Å². The Hall–Kier alpha value is -1.84. The van der Waals surface area contributed by atoms with Crippen LogP contribution in [0.2, 0.25) is 0 Å². The van der Waals surface area contributed by atoms with Gasteiger partial charge in [-0.15, -0.1) is 0 Å². The van der Waals surface area contributed by atoms with E-state index in [1.807, 2.05) is 23.6 Å². The van der Waals surface area contributed by atoms with E-state index in [0.29, 0.717) is 12.3 Å². The van der Waals surface area contributed by atoms with Gasteiger partial charge in [0.05, 0.1) is 0 Å². The standard InChI is InChI=1S/C21H30N2O2/c1-4-22(5-2)20(25)14-17-15-21(19-9-7-6-8-18(17)19)10-12-23(13-11-21)16(3)24/h6-9,17H,4-5,10-15H2,1-3H3. The van der Waals surface area contributed by atoms with Crippen molar-refractivity contribution in [2.75, 3.05) is 26.2 Å². The Balaban J connectivity index is 1.81. The Bertz CT molecular complexity index is 643. The highest BCUT2D eigenvalue weighted by molar-refractivity contribution is 5.77. The van der Waals surface area contributed by atoms with Gasteiger partial charge in [-0.25, -0.2) is 0 Å². The molecule has 2 amide bonds. The molecular formula is C21H30N2O2. The average Bonchev–Trinajstić information content (AvgIpc) is 2.90. The number of hydrogen-bond acceptors (Lipinski definition) is 2. The molecule has 1 aromatic carbocycles. The third-order valence-corrected chi connectivity index (χ3v) is 6.31. The molecular weight excluding hydrogens is 312 g/mol. The number of benzene rings is 1. The molecule has 4 nitrogen and oxygen atoms in total. The lowest BCUT2D eigenvalue weighted by molar-refractivity contribution is -0.131. The van der Waals surface area contributed by atoms with E-state index in [1.54, 1.807) is 6.92 Å². The van der Waals surface area contributed by atoms with Gasteiger partial charge in [-0.2, -0.15) is 0 Å². The molecule has 0 bridgehead atoms. The maximum Gasteiger partial charge on any atom is 0.223 e. The summed E-state index contributed by atoms with van der Waals surface area (Å²) in [5.41, 5.74) is 2.94. The Morgan fingerprint density at radius 1 is 1.16 bits per heavy atom. The Labute approximate surface area is 151 Å². The quantitative estimate of drug-likeness (QED) is 0.842. The van der Waals surface area contributed by atoms with Gasteiger partial charge >= 0.3 is 0 Å². The van der Waals surface area contributed by atoms with Crippen LogP contribution in [0.4, 0.5) is 0 Å². The van der Waals surface area contributed by atoms with Crippen molar-refractivity contribution in [1.82, 2.24) is 9.80 Å². The van der Waals surface area contributed by atoms with Crippen LogP contribution in [-0.4, -0.2) is 47.8 Å². The summed E-state index contributed by atoms with van der Waals surface area (Å²) in [5.74, 6) is 0.755. The lowest BCUT2D eigenvalue weighted by Crippen LogP contribution is -2.43. The highest BCUT2D eigenvalue weighted by atomic mass is 16.2. The van der Waals surface area contributed by atoms with Crippen LogP contribution in [0.5, 0.6) is 0 Å². The van der Waals surface area contributed by atoms with Gasteiger partial charge in [-0.1, -0.05) is 24.3 Å². The predicted molar refractivity (Wildman–Crippen MR) is 99.5 cm³/mol. The Kier molecular flexibility index (Phi) is 5.16. The molecule has 0 radical (unpaired) electrons. The van der Waals surface area contributed by atoms with Crippen LogP contribution < -0.4 is 0 Å². The van der Waals surface area contributed by atoms with Gasteiger partial charge in [0, 0.05) is 39.5 Å². The average molecular weight is 342 g/mol. The summed E-state index contributed by atoms with van der Waals surface area (Å²) >= 11 is 0. The second kappa shape index (κ2) is 7.19. The highest BCUT2D eigenvalue weighted by Crippen LogP contribution is 2.52. The van der Waals surface area contributed by atoms with Crippen molar-refractivity contribution in [3.05, 3.63) is 35.4 Å². The lowest BCUT2D eigenvalue weighted by atomic mass is 9.73. The first kappa shape index (κ1) is 18.0. The second-order valence-corrected chi connectivity index (χ2v) is 7.54. The van der Waals surface area contributed by atoms with Crippen molar-refractivity contribution < 1.29 is 9.59 Å². The van der Waals surface area contributed by atoms with Crippen LogP contribution in [0.25, 0.3) is 0 Å². The highest BCUT2D eigenvalue weighted by Gasteiger charge is 2.46. The number of carbonyl (C=O) groups excluding carboxylic acids is 2. The van der Waals surface area contributed by atoms with Crippen molar-refractivity contribution in [1.29, 1.82) is 0 Å². The van der Waals surface area contributed by atoms with E-state index in [4.69, 9.17) is 0 Å². The minimum absolute atomic E-state index is 0.150. The van der Waals surface area contributed by atoms with Gasteiger partial charge in [0.2, 0.25) is 11.8 Å². The number of nitrogens with zero attached hydrogens (tertiary/aromatic N) is 2. The molecule has 1 atom stereocenters. The number of carbonyl (C=O) groups is 2. The zero-order valence-corrected chi connectivity index (χ0v) is 15.8. The third kappa shape index (κ3) is 3.31. The fraction of sp³-hybridized carbons (Fsp3) is 0.619. The fourth-order valence-electron chi connectivity index (χ4n) is 4.85. The molecule has 0 saturated carbocycles. The minimum Gasteiger partial charge on any atom is -0.343 e. The molecule has 0 N–H and O–H groups in total. The SMILES string of the molecule is CCN(CC)C(=O)CC1CC2(CCN(C(C)=O)CC2)c2ccccc21. The van der Waals surface area contributed by atoms with E-state index in [2.05, 4.69) is 24.3 Å².